The van der Waals surface area contributed by atoms with Crippen LogP contribution in [0.5, 0.6) is 0 Å². The largest absolute Gasteiger partial charge is 0.478 e. The van der Waals surface area contributed by atoms with Crippen LogP contribution in [0.1, 0.15) is 13.3 Å². The van der Waals surface area contributed by atoms with Crippen molar-refractivity contribution in [3.05, 3.63) is 11.6 Å². The van der Waals surface area contributed by atoms with Crippen LogP contribution in [0.4, 0.5) is 0 Å². The molecule has 0 radical (unpaired) electrons. The molecule has 3 atom stereocenters. The molecular weight excluding hydrogens is 160 g/mol. The first-order valence-electron chi connectivity index (χ1n) is 3.84. The quantitative estimate of drug-likeness (QED) is 0.577. The van der Waals surface area contributed by atoms with E-state index >= 15 is 0 Å². The van der Waals surface area contributed by atoms with Gasteiger partial charge in [-0.2, -0.15) is 0 Å². The number of aliphatic hydroxyl groups is 1. The Bertz CT molecular complexity index is 270. The van der Waals surface area contributed by atoms with E-state index in [9.17, 15) is 9.90 Å². The van der Waals surface area contributed by atoms with E-state index in [-0.39, 0.29) is 5.57 Å². The summed E-state index contributed by atoms with van der Waals surface area (Å²) in [6.07, 6.45) is 0.922. The molecule has 2 rings (SSSR count). The molecule has 2 heterocycles. The lowest BCUT2D eigenvalue weighted by Crippen LogP contribution is -2.30. The highest BCUT2D eigenvalue weighted by molar-refractivity contribution is 5.90. The van der Waals surface area contributed by atoms with Gasteiger partial charge in [0.1, 0.15) is 11.7 Å². The molecule has 12 heavy (non-hydrogen) atoms. The Hall–Kier alpha value is -0.870. The maximum absolute atomic E-state index is 10.7. The van der Waals surface area contributed by atoms with Crippen LogP contribution in [0.25, 0.3) is 0 Å². The summed E-state index contributed by atoms with van der Waals surface area (Å²) in [4.78, 5) is 10.7. The normalized spacial score (nSPS) is 44.7. The summed E-state index contributed by atoms with van der Waals surface area (Å²) in [7, 11) is 0. The lowest BCUT2D eigenvalue weighted by Gasteiger charge is -2.20. The zero-order valence-corrected chi connectivity index (χ0v) is 6.65. The molecule has 0 aromatic rings. The number of carboxylic acid groups (broad SMARTS) is 1. The van der Waals surface area contributed by atoms with Gasteiger partial charge < -0.3 is 14.9 Å². The highest BCUT2D eigenvalue weighted by Gasteiger charge is 2.51. The molecule has 2 N–H and O–H groups in total. The summed E-state index contributed by atoms with van der Waals surface area (Å²) >= 11 is 0. The van der Waals surface area contributed by atoms with E-state index in [0.29, 0.717) is 6.42 Å². The molecule has 1 saturated heterocycles. The standard InChI is InChI=1S/C8H10O4/c1-8-3-5(9)6(12-8)2-4(8)7(10)11/h2,5-6,9H,3H2,1H3,(H,10,11)/t5-,6+,8+/m0/s1. The van der Waals surface area contributed by atoms with Gasteiger partial charge in [0, 0.05) is 6.42 Å². The number of ether oxygens (including phenoxy) is 1. The number of hydrogen-bond acceptors (Lipinski definition) is 3. The third kappa shape index (κ3) is 0.820. The van der Waals surface area contributed by atoms with Gasteiger partial charge in [-0.1, -0.05) is 0 Å². The lowest BCUT2D eigenvalue weighted by atomic mass is 9.87. The van der Waals surface area contributed by atoms with Gasteiger partial charge in [-0.3, -0.25) is 0 Å². The molecular formula is C8H10O4. The molecule has 0 saturated carbocycles. The Morgan fingerprint density at radius 2 is 2.50 bits per heavy atom. The van der Waals surface area contributed by atoms with Crippen LogP contribution >= 0.6 is 0 Å². The Morgan fingerprint density at radius 1 is 1.83 bits per heavy atom. The molecule has 0 amide bonds. The number of fused-ring (bicyclic) bond motifs is 2. The first-order chi connectivity index (χ1) is 5.53. The minimum Gasteiger partial charge on any atom is -0.478 e. The van der Waals surface area contributed by atoms with Crippen LogP contribution in [-0.4, -0.2) is 34.0 Å². The van der Waals surface area contributed by atoms with Crippen molar-refractivity contribution in [2.75, 3.05) is 0 Å². The first-order valence-corrected chi connectivity index (χ1v) is 3.84. The average Bonchev–Trinajstić information content (AvgIpc) is 2.38. The second-order valence-electron chi connectivity index (χ2n) is 3.47. The van der Waals surface area contributed by atoms with Crippen LogP contribution in [0.3, 0.4) is 0 Å². The van der Waals surface area contributed by atoms with Crippen molar-refractivity contribution < 1.29 is 19.7 Å². The molecule has 4 nitrogen and oxygen atoms in total. The van der Waals surface area contributed by atoms with Gasteiger partial charge in [-0.25, -0.2) is 4.79 Å². The van der Waals surface area contributed by atoms with E-state index in [1.807, 2.05) is 0 Å². The summed E-state index contributed by atoms with van der Waals surface area (Å²) in [6.45, 7) is 1.70. The molecule has 66 valence electrons. The van der Waals surface area contributed by atoms with E-state index in [0.717, 1.165) is 0 Å². The molecule has 2 bridgehead atoms. The minimum atomic E-state index is -0.952. The molecule has 2 aliphatic heterocycles. The van der Waals surface area contributed by atoms with Gasteiger partial charge in [0.25, 0.3) is 0 Å². The summed E-state index contributed by atoms with van der Waals surface area (Å²) < 4.78 is 5.32. The summed E-state index contributed by atoms with van der Waals surface area (Å²) in [5.74, 6) is -0.952. The highest BCUT2D eigenvalue weighted by atomic mass is 16.5. The van der Waals surface area contributed by atoms with Crippen molar-refractivity contribution in [1.82, 2.24) is 0 Å². The second kappa shape index (κ2) is 2.08. The Kier molecular flexibility index (Phi) is 1.35. The topological polar surface area (TPSA) is 66.8 Å². The molecule has 0 unspecified atom stereocenters. The fraction of sp³-hybridized carbons (Fsp3) is 0.625. The number of aliphatic hydroxyl groups excluding tert-OH is 1. The fourth-order valence-corrected chi connectivity index (χ4v) is 1.90. The van der Waals surface area contributed by atoms with Crippen molar-refractivity contribution in [3.8, 4) is 0 Å². The van der Waals surface area contributed by atoms with Crippen LogP contribution in [-0.2, 0) is 9.53 Å². The molecule has 0 aromatic carbocycles. The second-order valence-corrected chi connectivity index (χ2v) is 3.47. The number of carbonyl (C=O) groups is 1. The van der Waals surface area contributed by atoms with E-state index in [2.05, 4.69) is 0 Å². The van der Waals surface area contributed by atoms with Crippen LogP contribution in [0.2, 0.25) is 0 Å². The SMILES string of the molecule is C[C@@]12C[C@H](O)[C@@H](C=C1C(=O)O)O2. The van der Waals surface area contributed by atoms with Gasteiger partial charge in [0.2, 0.25) is 0 Å². The van der Waals surface area contributed by atoms with Crippen molar-refractivity contribution in [2.24, 2.45) is 0 Å². The third-order valence-corrected chi connectivity index (χ3v) is 2.51. The van der Waals surface area contributed by atoms with Crippen LogP contribution in [0.15, 0.2) is 11.6 Å². The Balaban J connectivity index is 2.36. The fourth-order valence-electron chi connectivity index (χ4n) is 1.90. The third-order valence-electron chi connectivity index (χ3n) is 2.51. The molecule has 0 aliphatic carbocycles. The molecule has 1 fully saturated rings. The highest BCUT2D eigenvalue weighted by Crippen LogP contribution is 2.43. The number of carboxylic acids is 1. The van der Waals surface area contributed by atoms with E-state index in [4.69, 9.17) is 9.84 Å². The molecule has 0 spiro atoms. The van der Waals surface area contributed by atoms with Crippen LogP contribution in [0, 0.1) is 0 Å². The zero-order valence-electron chi connectivity index (χ0n) is 6.65. The van der Waals surface area contributed by atoms with Crippen molar-refractivity contribution in [1.29, 1.82) is 0 Å². The minimum absolute atomic E-state index is 0.276. The van der Waals surface area contributed by atoms with Gasteiger partial charge in [0.15, 0.2) is 0 Å². The van der Waals surface area contributed by atoms with Gasteiger partial charge in [0.05, 0.1) is 11.7 Å². The number of hydrogen-bond donors (Lipinski definition) is 2. The van der Waals surface area contributed by atoms with Gasteiger partial charge in [-0.15, -0.1) is 0 Å². The summed E-state index contributed by atoms with van der Waals surface area (Å²) in [5, 5.41) is 18.1. The Morgan fingerprint density at radius 3 is 2.83 bits per heavy atom. The summed E-state index contributed by atoms with van der Waals surface area (Å²) in [5.41, 5.74) is -0.492. The number of aliphatic carboxylic acids is 1. The van der Waals surface area contributed by atoms with Crippen molar-refractivity contribution >= 4 is 5.97 Å². The predicted molar refractivity (Wildman–Crippen MR) is 39.6 cm³/mol. The molecule has 4 heteroatoms. The molecule has 0 aromatic heterocycles. The van der Waals surface area contributed by atoms with Crippen LogP contribution < -0.4 is 0 Å². The first kappa shape index (κ1) is 7.76. The van der Waals surface area contributed by atoms with E-state index in [1.54, 1.807) is 6.92 Å². The van der Waals surface area contributed by atoms with Crippen molar-refractivity contribution in [2.45, 2.75) is 31.2 Å². The smallest absolute Gasteiger partial charge is 0.334 e. The average molecular weight is 170 g/mol. The maximum atomic E-state index is 10.7. The predicted octanol–water partition coefficient (Wildman–Crippen LogP) is -0.0805. The Labute approximate surface area is 69.5 Å². The monoisotopic (exact) mass is 170 g/mol. The van der Waals surface area contributed by atoms with Crippen molar-refractivity contribution in [3.63, 3.8) is 0 Å². The van der Waals surface area contributed by atoms with E-state index in [1.165, 1.54) is 6.08 Å². The number of rotatable bonds is 1. The maximum Gasteiger partial charge on any atom is 0.334 e. The van der Waals surface area contributed by atoms with Gasteiger partial charge >= 0.3 is 5.97 Å². The molecule has 2 aliphatic rings. The lowest BCUT2D eigenvalue weighted by molar-refractivity contribution is -0.134. The summed E-state index contributed by atoms with van der Waals surface area (Å²) in [6, 6.07) is 0. The van der Waals surface area contributed by atoms with Gasteiger partial charge in [-0.05, 0) is 13.0 Å². The zero-order chi connectivity index (χ0) is 8.93. The van der Waals surface area contributed by atoms with E-state index < -0.39 is 23.8 Å².